The first-order valence-electron chi connectivity index (χ1n) is 10.4. The summed E-state index contributed by atoms with van der Waals surface area (Å²) in [6, 6.07) is 18.2. The van der Waals surface area contributed by atoms with Gasteiger partial charge in [-0.25, -0.2) is 4.98 Å². The van der Waals surface area contributed by atoms with Crippen molar-refractivity contribution in [2.24, 2.45) is 0 Å². The Bertz CT molecular complexity index is 1050. The number of aromatic nitrogens is 1. The van der Waals surface area contributed by atoms with Gasteiger partial charge in [0.2, 0.25) is 5.88 Å². The van der Waals surface area contributed by atoms with Crippen molar-refractivity contribution in [3.63, 3.8) is 0 Å². The zero-order chi connectivity index (χ0) is 21.1. The number of methoxy groups -OCH3 is 1. The van der Waals surface area contributed by atoms with Crippen LogP contribution in [-0.2, 0) is 13.1 Å². The molecular weight excluding hydrogens is 374 g/mol. The quantitative estimate of drug-likeness (QED) is 0.578. The van der Waals surface area contributed by atoms with Gasteiger partial charge < -0.3 is 15.0 Å². The SMILES string of the molecule is CCC(C)c1ccc(N2Cc3cccc(NCc4ccnc(OC)c4)c3C2=O)cc1. The number of benzene rings is 2. The Labute approximate surface area is 177 Å². The lowest BCUT2D eigenvalue weighted by Crippen LogP contribution is -2.23. The Morgan fingerprint density at radius 2 is 1.97 bits per heavy atom. The number of rotatable bonds is 7. The summed E-state index contributed by atoms with van der Waals surface area (Å²) in [4.78, 5) is 19.3. The van der Waals surface area contributed by atoms with Crippen LogP contribution in [0.2, 0.25) is 0 Å². The number of hydrogen-bond acceptors (Lipinski definition) is 4. The van der Waals surface area contributed by atoms with E-state index in [1.807, 2.05) is 35.2 Å². The number of ether oxygens (including phenoxy) is 1. The number of carbonyl (C=O) groups is 1. The number of pyridine rings is 1. The maximum absolute atomic E-state index is 13.3. The first-order valence-corrected chi connectivity index (χ1v) is 10.4. The minimum absolute atomic E-state index is 0.0386. The number of carbonyl (C=O) groups excluding carboxylic acids is 1. The fourth-order valence-electron chi connectivity index (χ4n) is 3.81. The molecule has 1 unspecified atom stereocenters. The van der Waals surface area contributed by atoms with Gasteiger partial charge in [-0.2, -0.15) is 0 Å². The molecule has 0 saturated heterocycles. The van der Waals surface area contributed by atoms with Gasteiger partial charge in [-0.15, -0.1) is 0 Å². The molecule has 2 heterocycles. The summed E-state index contributed by atoms with van der Waals surface area (Å²) in [5.74, 6) is 1.14. The van der Waals surface area contributed by atoms with Gasteiger partial charge in [-0.05, 0) is 53.3 Å². The molecule has 0 aliphatic carbocycles. The highest BCUT2D eigenvalue weighted by Gasteiger charge is 2.30. The summed E-state index contributed by atoms with van der Waals surface area (Å²) < 4.78 is 5.19. The highest BCUT2D eigenvalue weighted by Crippen LogP contribution is 2.34. The van der Waals surface area contributed by atoms with E-state index in [-0.39, 0.29) is 5.91 Å². The summed E-state index contributed by atoms with van der Waals surface area (Å²) in [5.41, 5.74) is 5.94. The van der Waals surface area contributed by atoms with E-state index in [0.29, 0.717) is 24.9 Å². The Morgan fingerprint density at radius 3 is 2.70 bits per heavy atom. The highest BCUT2D eigenvalue weighted by atomic mass is 16.5. The third-order valence-corrected chi connectivity index (χ3v) is 5.82. The van der Waals surface area contributed by atoms with E-state index in [4.69, 9.17) is 4.74 Å². The summed E-state index contributed by atoms with van der Waals surface area (Å²) in [6.45, 7) is 5.60. The zero-order valence-corrected chi connectivity index (χ0v) is 17.7. The third-order valence-electron chi connectivity index (χ3n) is 5.82. The molecule has 3 aromatic rings. The topological polar surface area (TPSA) is 54.5 Å². The van der Waals surface area contributed by atoms with Crippen molar-refractivity contribution in [3.8, 4) is 5.88 Å². The summed E-state index contributed by atoms with van der Waals surface area (Å²) in [7, 11) is 1.60. The van der Waals surface area contributed by atoms with Gasteiger partial charge in [0, 0.05) is 30.2 Å². The molecule has 30 heavy (non-hydrogen) atoms. The van der Waals surface area contributed by atoms with Gasteiger partial charge in [0.25, 0.3) is 5.91 Å². The van der Waals surface area contributed by atoms with Crippen LogP contribution in [0.25, 0.3) is 0 Å². The summed E-state index contributed by atoms with van der Waals surface area (Å²) >= 11 is 0. The molecule has 1 atom stereocenters. The molecular formula is C25H27N3O2. The molecule has 1 N–H and O–H groups in total. The lowest BCUT2D eigenvalue weighted by atomic mass is 9.98. The fourth-order valence-corrected chi connectivity index (χ4v) is 3.81. The van der Waals surface area contributed by atoms with Crippen LogP contribution in [-0.4, -0.2) is 18.0 Å². The lowest BCUT2D eigenvalue weighted by molar-refractivity contribution is 0.0997. The second kappa shape index (κ2) is 8.57. The second-order valence-electron chi connectivity index (χ2n) is 7.69. The van der Waals surface area contributed by atoms with Gasteiger partial charge in [0.05, 0.1) is 19.2 Å². The van der Waals surface area contributed by atoms with Crippen molar-refractivity contribution >= 4 is 17.3 Å². The Balaban J connectivity index is 1.53. The smallest absolute Gasteiger partial charge is 0.261 e. The van der Waals surface area contributed by atoms with E-state index >= 15 is 0 Å². The van der Waals surface area contributed by atoms with Crippen LogP contribution in [0.15, 0.2) is 60.8 Å². The average molecular weight is 402 g/mol. The zero-order valence-electron chi connectivity index (χ0n) is 17.7. The third kappa shape index (κ3) is 3.88. The first kappa shape index (κ1) is 20.0. The standard InChI is InChI=1S/C25H27N3O2/c1-4-17(2)19-8-10-21(11-9-19)28-16-20-6-5-7-22(24(20)25(28)29)27-15-18-12-13-26-23(14-18)30-3/h5-14,17,27H,4,15-16H2,1-3H3. The number of nitrogens with one attached hydrogen (secondary N) is 1. The molecule has 0 fully saturated rings. The first-order chi connectivity index (χ1) is 14.6. The number of hydrogen-bond donors (Lipinski definition) is 1. The van der Waals surface area contributed by atoms with Crippen molar-refractivity contribution in [1.82, 2.24) is 4.98 Å². The van der Waals surface area contributed by atoms with Gasteiger partial charge >= 0.3 is 0 Å². The number of amides is 1. The van der Waals surface area contributed by atoms with E-state index in [1.54, 1.807) is 13.3 Å². The molecule has 5 nitrogen and oxygen atoms in total. The Morgan fingerprint density at radius 1 is 1.17 bits per heavy atom. The van der Waals surface area contributed by atoms with Crippen molar-refractivity contribution in [2.45, 2.75) is 39.3 Å². The molecule has 0 spiro atoms. The van der Waals surface area contributed by atoms with Gasteiger partial charge in [0.1, 0.15) is 0 Å². The molecule has 1 amide bonds. The largest absolute Gasteiger partial charge is 0.481 e. The normalized spacial score (nSPS) is 13.8. The van der Waals surface area contributed by atoms with Crippen LogP contribution in [0.1, 0.15) is 53.2 Å². The molecule has 2 aromatic carbocycles. The molecule has 0 bridgehead atoms. The van der Waals surface area contributed by atoms with Gasteiger partial charge in [0.15, 0.2) is 0 Å². The monoisotopic (exact) mass is 401 g/mol. The fraction of sp³-hybridized carbons (Fsp3) is 0.280. The molecule has 4 rings (SSSR count). The van der Waals surface area contributed by atoms with E-state index in [1.165, 1.54) is 5.56 Å². The van der Waals surface area contributed by atoms with Crippen molar-refractivity contribution in [3.05, 3.63) is 83.0 Å². The van der Waals surface area contributed by atoms with Crippen LogP contribution in [0.5, 0.6) is 5.88 Å². The number of nitrogens with zero attached hydrogens (tertiary/aromatic N) is 2. The molecule has 1 aromatic heterocycles. The molecule has 0 radical (unpaired) electrons. The van der Waals surface area contributed by atoms with Crippen LogP contribution < -0.4 is 15.0 Å². The Hall–Kier alpha value is -3.34. The maximum Gasteiger partial charge on any atom is 0.261 e. The minimum Gasteiger partial charge on any atom is -0.481 e. The summed E-state index contributed by atoms with van der Waals surface area (Å²) in [6.07, 6.45) is 2.83. The summed E-state index contributed by atoms with van der Waals surface area (Å²) in [5, 5.41) is 3.42. The van der Waals surface area contributed by atoms with Gasteiger partial charge in [-0.1, -0.05) is 38.1 Å². The lowest BCUT2D eigenvalue weighted by Gasteiger charge is -2.17. The minimum atomic E-state index is 0.0386. The number of anilines is 2. The van der Waals surface area contributed by atoms with E-state index in [9.17, 15) is 4.79 Å². The second-order valence-corrected chi connectivity index (χ2v) is 7.69. The molecule has 1 aliphatic heterocycles. The van der Waals surface area contributed by atoms with Crippen LogP contribution >= 0.6 is 0 Å². The molecule has 0 saturated carbocycles. The van der Waals surface area contributed by atoms with Gasteiger partial charge in [-0.3, -0.25) is 4.79 Å². The average Bonchev–Trinajstić information content (AvgIpc) is 3.14. The highest BCUT2D eigenvalue weighted by molar-refractivity contribution is 6.13. The van der Waals surface area contributed by atoms with Crippen molar-refractivity contribution in [1.29, 1.82) is 0 Å². The van der Waals surface area contributed by atoms with Crippen LogP contribution in [0.4, 0.5) is 11.4 Å². The van der Waals surface area contributed by atoms with E-state index < -0.39 is 0 Å². The van der Waals surface area contributed by atoms with E-state index in [0.717, 1.165) is 34.5 Å². The van der Waals surface area contributed by atoms with Crippen molar-refractivity contribution < 1.29 is 9.53 Å². The van der Waals surface area contributed by atoms with Crippen LogP contribution in [0.3, 0.4) is 0 Å². The number of fused-ring (bicyclic) bond motifs is 1. The molecule has 5 heteroatoms. The van der Waals surface area contributed by atoms with Crippen molar-refractivity contribution in [2.75, 3.05) is 17.3 Å². The van der Waals surface area contributed by atoms with Crippen LogP contribution in [0, 0.1) is 0 Å². The molecule has 1 aliphatic rings. The van der Waals surface area contributed by atoms with E-state index in [2.05, 4.69) is 48.4 Å². The molecule has 154 valence electrons. The maximum atomic E-state index is 13.3. The predicted octanol–water partition coefficient (Wildman–Crippen LogP) is 5.38. The predicted molar refractivity (Wildman–Crippen MR) is 120 cm³/mol. The Kier molecular flexibility index (Phi) is 5.70.